The average Bonchev–Trinajstić information content (AvgIpc) is 2.93. The number of rotatable bonds is 3. The Labute approximate surface area is 129 Å². The Kier molecular flexibility index (Phi) is 3.91. The molecule has 1 aromatic carbocycles. The van der Waals surface area contributed by atoms with Crippen LogP contribution in [0.15, 0.2) is 53.1 Å². The van der Waals surface area contributed by atoms with Gasteiger partial charge >= 0.3 is 0 Å². The summed E-state index contributed by atoms with van der Waals surface area (Å²) in [6.45, 7) is 0.485. The second-order valence-electron chi connectivity index (χ2n) is 4.22. The van der Waals surface area contributed by atoms with Crippen LogP contribution in [0, 0.1) is 0 Å². The minimum atomic E-state index is 0.485. The van der Waals surface area contributed by atoms with Crippen LogP contribution in [0.1, 0.15) is 4.88 Å². The van der Waals surface area contributed by atoms with Gasteiger partial charge in [-0.05, 0) is 28.1 Å². The minimum Gasteiger partial charge on any atom is -0.326 e. The van der Waals surface area contributed by atoms with Crippen molar-refractivity contribution < 1.29 is 0 Å². The van der Waals surface area contributed by atoms with Crippen molar-refractivity contribution in [3.63, 3.8) is 0 Å². The number of pyridine rings is 1. The second-order valence-corrected chi connectivity index (χ2v) is 6.22. The number of hydrogen-bond acceptors (Lipinski definition) is 4. The van der Waals surface area contributed by atoms with Gasteiger partial charge in [0.05, 0.1) is 11.4 Å². The van der Waals surface area contributed by atoms with Gasteiger partial charge in [0.25, 0.3) is 0 Å². The van der Waals surface area contributed by atoms with Crippen molar-refractivity contribution in [3.05, 3.63) is 58.0 Å². The smallest absolute Gasteiger partial charge is 0.142 e. The van der Waals surface area contributed by atoms with Crippen molar-refractivity contribution in [2.24, 2.45) is 5.73 Å². The molecule has 100 valence electrons. The Morgan fingerprint density at radius 2 is 1.90 bits per heavy atom. The molecule has 0 bridgehead atoms. The third kappa shape index (κ3) is 2.65. The first-order chi connectivity index (χ1) is 9.78. The fraction of sp³-hybridized carbons (Fsp3) is 0.0667. The quantitative estimate of drug-likeness (QED) is 0.777. The molecule has 3 aromatic rings. The van der Waals surface area contributed by atoms with Crippen molar-refractivity contribution in [1.29, 1.82) is 0 Å². The predicted molar refractivity (Wildman–Crippen MR) is 86.4 cm³/mol. The van der Waals surface area contributed by atoms with E-state index in [9.17, 15) is 0 Å². The average molecular weight is 346 g/mol. The number of benzene rings is 1. The molecule has 0 fully saturated rings. The van der Waals surface area contributed by atoms with Crippen molar-refractivity contribution in [3.8, 4) is 22.0 Å². The Balaban J connectivity index is 2.07. The van der Waals surface area contributed by atoms with Crippen LogP contribution in [0.3, 0.4) is 0 Å². The zero-order valence-corrected chi connectivity index (χ0v) is 13.0. The van der Waals surface area contributed by atoms with Crippen molar-refractivity contribution in [1.82, 2.24) is 9.97 Å². The number of hydrogen-bond donors (Lipinski definition) is 1. The van der Waals surface area contributed by atoms with Gasteiger partial charge in [-0.15, -0.1) is 11.3 Å². The molecule has 2 aromatic heterocycles. The van der Waals surface area contributed by atoms with Gasteiger partial charge in [0.1, 0.15) is 5.01 Å². The molecule has 3 rings (SSSR count). The van der Waals surface area contributed by atoms with E-state index < -0.39 is 0 Å². The van der Waals surface area contributed by atoms with Crippen LogP contribution >= 0.6 is 27.3 Å². The lowest BCUT2D eigenvalue weighted by molar-refractivity contribution is 1.10. The first-order valence-electron chi connectivity index (χ1n) is 6.15. The van der Waals surface area contributed by atoms with E-state index in [1.165, 1.54) is 0 Å². The lowest BCUT2D eigenvalue weighted by Gasteiger charge is -1.98. The third-order valence-electron chi connectivity index (χ3n) is 2.88. The number of nitrogens with two attached hydrogens (primary N) is 1. The highest BCUT2D eigenvalue weighted by atomic mass is 79.9. The molecule has 0 spiro atoms. The SMILES string of the molecule is NCc1sc(-c2ccc(Br)cn2)nc1-c1ccccc1. The van der Waals surface area contributed by atoms with Gasteiger partial charge in [-0.2, -0.15) is 0 Å². The van der Waals surface area contributed by atoms with E-state index >= 15 is 0 Å². The highest BCUT2D eigenvalue weighted by molar-refractivity contribution is 9.10. The van der Waals surface area contributed by atoms with Crippen molar-refractivity contribution >= 4 is 27.3 Å². The molecule has 0 unspecified atom stereocenters. The van der Waals surface area contributed by atoms with Crippen LogP contribution in [0.25, 0.3) is 22.0 Å². The Morgan fingerprint density at radius 3 is 2.55 bits per heavy atom. The molecule has 0 aliphatic heterocycles. The number of thiazole rings is 1. The third-order valence-corrected chi connectivity index (χ3v) is 4.45. The molecule has 0 saturated heterocycles. The van der Waals surface area contributed by atoms with E-state index in [-0.39, 0.29) is 0 Å². The second kappa shape index (κ2) is 5.83. The Hall–Kier alpha value is -1.56. The lowest BCUT2D eigenvalue weighted by Crippen LogP contribution is -1.95. The molecule has 3 nitrogen and oxygen atoms in total. The minimum absolute atomic E-state index is 0.485. The molecule has 2 heterocycles. The van der Waals surface area contributed by atoms with E-state index in [1.54, 1.807) is 17.5 Å². The molecule has 2 N–H and O–H groups in total. The highest BCUT2D eigenvalue weighted by Gasteiger charge is 2.13. The first-order valence-corrected chi connectivity index (χ1v) is 7.76. The summed E-state index contributed by atoms with van der Waals surface area (Å²) in [6.07, 6.45) is 1.78. The van der Waals surface area contributed by atoms with Crippen LogP contribution < -0.4 is 5.73 Å². The van der Waals surface area contributed by atoms with E-state index in [2.05, 4.69) is 20.9 Å². The number of halogens is 1. The van der Waals surface area contributed by atoms with E-state index in [1.807, 2.05) is 42.5 Å². The summed E-state index contributed by atoms with van der Waals surface area (Å²) >= 11 is 4.99. The monoisotopic (exact) mass is 345 g/mol. The summed E-state index contributed by atoms with van der Waals surface area (Å²) in [5.41, 5.74) is 8.76. The maximum Gasteiger partial charge on any atom is 0.142 e. The van der Waals surface area contributed by atoms with E-state index in [0.29, 0.717) is 6.54 Å². The van der Waals surface area contributed by atoms with Crippen molar-refractivity contribution in [2.45, 2.75) is 6.54 Å². The summed E-state index contributed by atoms with van der Waals surface area (Å²) in [6, 6.07) is 14.0. The summed E-state index contributed by atoms with van der Waals surface area (Å²) in [5, 5.41) is 0.900. The Morgan fingerprint density at radius 1 is 1.10 bits per heavy atom. The van der Waals surface area contributed by atoms with Gasteiger partial charge in [0, 0.05) is 27.7 Å². The maximum atomic E-state index is 5.85. The van der Waals surface area contributed by atoms with Gasteiger partial charge in [-0.3, -0.25) is 4.98 Å². The van der Waals surface area contributed by atoms with Gasteiger partial charge in [-0.1, -0.05) is 30.3 Å². The van der Waals surface area contributed by atoms with Crippen LogP contribution in [0.4, 0.5) is 0 Å². The molecule has 0 aliphatic rings. The molecule has 0 atom stereocenters. The highest BCUT2D eigenvalue weighted by Crippen LogP contribution is 2.32. The fourth-order valence-electron chi connectivity index (χ4n) is 1.92. The van der Waals surface area contributed by atoms with Crippen LogP contribution in [-0.4, -0.2) is 9.97 Å². The normalized spacial score (nSPS) is 10.7. The Bertz CT molecular complexity index is 708. The standard InChI is InChI=1S/C15H12BrN3S/c16-11-6-7-12(18-9-11)15-19-14(13(8-17)20-15)10-4-2-1-3-5-10/h1-7,9H,8,17H2. The largest absolute Gasteiger partial charge is 0.326 e. The van der Waals surface area contributed by atoms with E-state index in [4.69, 9.17) is 10.7 Å². The van der Waals surface area contributed by atoms with E-state index in [0.717, 1.165) is 31.3 Å². The number of aromatic nitrogens is 2. The molecule has 5 heteroatoms. The zero-order valence-electron chi connectivity index (χ0n) is 10.6. The number of nitrogens with zero attached hydrogens (tertiary/aromatic N) is 2. The predicted octanol–water partition coefficient (Wildman–Crippen LogP) is 4.09. The molecule has 0 saturated carbocycles. The van der Waals surface area contributed by atoms with Crippen LogP contribution in [0.5, 0.6) is 0 Å². The fourth-order valence-corrected chi connectivity index (χ4v) is 3.10. The molecule has 0 radical (unpaired) electrons. The first kappa shape index (κ1) is 13.4. The summed E-state index contributed by atoms with van der Waals surface area (Å²) in [4.78, 5) is 10.2. The van der Waals surface area contributed by atoms with Crippen LogP contribution in [-0.2, 0) is 6.54 Å². The zero-order chi connectivity index (χ0) is 13.9. The molecule has 0 aliphatic carbocycles. The van der Waals surface area contributed by atoms with Gasteiger partial charge < -0.3 is 5.73 Å². The topological polar surface area (TPSA) is 51.8 Å². The summed E-state index contributed by atoms with van der Waals surface area (Å²) in [5.74, 6) is 0. The summed E-state index contributed by atoms with van der Waals surface area (Å²) < 4.78 is 0.958. The van der Waals surface area contributed by atoms with Crippen LogP contribution in [0.2, 0.25) is 0 Å². The molecular formula is C15H12BrN3S. The van der Waals surface area contributed by atoms with Gasteiger partial charge in [-0.25, -0.2) is 4.98 Å². The van der Waals surface area contributed by atoms with Gasteiger partial charge in [0.15, 0.2) is 0 Å². The maximum absolute atomic E-state index is 5.85. The molecular weight excluding hydrogens is 334 g/mol. The molecule has 20 heavy (non-hydrogen) atoms. The van der Waals surface area contributed by atoms with Gasteiger partial charge in [0.2, 0.25) is 0 Å². The van der Waals surface area contributed by atoms with Crippen molar-refractivity contribution in [2.75, 3.05) is 0 Å². The lowest BCUT2D eigenvalue weighted by atomic mass is 10.1. The molecule has 0 amide bonds. The summed E-state index contributed by atoms with van der Waals surface area (Å²) in [7, 11) is 0.